The second kappa shape index (κ2) is 10.2. The molecule has 36 heavy (non-hydrogen) atoms. The van der Waals surface area contributed by atoms with Gasteiger partial charge in [0, 0.05) is 11.6 Å². The van der Waals surface area contributed by atoms with Crippen LogP contribution in [0.2, 0.25) is 0 Å². The molecule has 0 unspecified atom stereocenters. The first-order chi connectivity index (χ1) is 17.2. The lowest BCUT2D eigenvalue weighted by atomic mass is 10.1. The highest BCUT2D eigenvalue weighted by atomic mass is 32.1. The highest BCUT2D eigenvalue weighted by Crippen LogP contribution is 2.39. The fraction of sp³-hybridized carbons (Fsp3) is 0.217. The summed E-state index contributed by atoms with van der Waals surface area (Å²) in [7, 11) is 3.00. The van der Waals surface area contributed by atoms with Crippen LogP contribution < -0.4 is 25.3 Å². The third-order valence-electron chi connectivity index (χ3n) is 5.16. The van der Waals surface area contributed by atoms with Gasteiger partial charge in [-0.05, 0) is 36.8 Å². The molecule has 2 amide bonds. The van der Waals surface area contributed by atoms with Crippen molar-refractivity contribution >= 4 is 39.1 Å². The molecule has 0 radical (unpaired) electrons. The Kier molecular flexibility index (Phi) is 7.01. The average Bonchev–Trinajstić information content (AvgIpc) is 3.47. The first kappa shape index (κ1) is 24.9. The number of nitrogens with zero attached hydrogens (tertiary/aromatic N) is 3. The molecule has 0 spiro atoms. The van der Waals surface area contributed by atoms with Gasteiger partial charge in [-0.15, -0.1) is 11.3 Å². The molecule has 1 aromatic carbocycles. The van der Waals surface area contributed by atoms with E-state index < -0.39 is 23.9 Å². The van der Waals surface area contributed by atoms with Gasteiger partial charge in [0.25, 0.3) is 18.2 Å². The number of aromatic nitrogens is 3. The molecule has 0 atom stereocenters. The van der Waals surface area contributed by atoms with Gasteiger partial charge in [0.15, 0.2) is 23.9 Å². The number of ether oxygens (including phenoxy) is 3. The zero-order valence-electron chi connectivity index (χ0n) is 19.4. The number of amides is 2. The molecule has 0 aliphatic rings. The Morgan fingerprint density at radius 3 is 2.50 bits per heavy atom. The number of alkyl halides is 2. The summed E-state index contributed by atoms with van der Waals surface area (Å²) in [5.41, 5.74) is 5.58. The summed E-state index contributed by atoms with van der Waals surface area (Å²) in [5.74, 6) is -0.173. The van der Waals surface area contributed by atoms with Gasteiger partial charge >= 0.3 is 0 Å². The minimum Gasteiger partial charge on any atom is -0.493 e. The van der Waals surface area contributed by atoms with E-state index in [2.05, 4.69) is 15.4 Å². The minimum absolute atomic E-state index is 0.00796. The van der Waals surface area contributed by atoms with E-state index in [1.165, 1.54) is 37.2 Å². The number of nitrogens with one attached hydrogen (secondary N) is 1. The molecule has 0 aliphatic carbocycles. The highest BCUT2D eigenvalue weighted by Gasteiger charge is 2.24. The van der Waals surface area contributed by atoms with Crippen LogP contribution in [-0.2, 0) is 6.73 Å². The van der Waals surface area contributed by atoms with E-state index in [9.17, 15) is 18.4 Å². The standard InChI is InChI=1S/C23H21F2N5O5S/c1-11-9-13(20(24)25)27-23-16(11)17(19(36-23)21(26)31)28-22(32)12-7-8-30(29-12)10-35-18-14(33-2)5-4-6-15(18)34-3/h4-9,20H,10H2,1-3H3,(H2,26,31)(H,28,32). The van der Waals surface area contributed by atoms with Crippen molar-refractivity contribution in [1.82, 2.24) is 14.8 Å². The summed E-state index contributed by atoms with van der Waals surface area (Å²) in [4.78, 5) is 29.0. The lowest BCUT2D eigenvalue weighted by Gasteiger charge is -2.13. The normalized spacial score (nSPS) is 11.1. The Morgan fingerprint density at radius 2 is 1.89 bits per heavy atom. The van der Waals surface area contributed by atoms with Crippen molar-refractivity contribution in [2.45, 2.75) is 20.1 Å². The van der Waals surface area contributed by atoms with Crippen molar-refractivity contribution in [3.63, 3.8) is 0 Å². The Hall–Kier alpha value is -4.26. The maximum absolute atomic E-state index is 13.2. The lowest BCUT2D eigenvalue weighted by molar-refractivity contribution is 0.100. The summed E-state index contributed by atoms with van der Waals surface area (Å²) in [6.45, 7) is 1.53. The maximum atomic E-state index is 13.2. The van der Waals surface area contributed by atoms with Crippen molar-refractivity contribution in [3.8, 4) is 17.2 Å². The Bertz CT molecular complexity index is 1430. The van der Waals surface area contributed by atoms with E-state index in [-0.39, 0.29) is 27.8 Å². The second-order valence-corrected chi connectivity index (χ2v) is 8.47. The van der Waals surface area contributed by atoms with Gasteiger partial charge in [-0.3, -0.25) is 9.59 Å². The first-order valence-corrected chi connectivity index (χ1v) is 11.3. The molecule has 3 aromatic heterocycles. The zero-order valence-corrected chi connectivity index (χ0v) is 20.2. The Balaban J connectivity index is 1.57. The number of para-hydroxylation sites is 1. The van der Waals surface area contributed by atoms with Gasteiger partial charge in [-0.1, -0.05) is 6.07 Å². The fourth-order valence-corrected chi connectivity index (χ4v) is 4.60. The van der Waals surface area contributed by atoms with Gasteiger partial charge in [-0.25, -0.2) is 18.4 Å². The van der Waals surface area contributed by atoms with Crippen molar-refractivity contribution in [1.29, 1.82) is 0 Å². The number of methoxy groups -OCH3 is 2. The predicted octanol–water partition coefficient (Wildman–Crippen LogP) is 4.14. The van der Waals surface area contributed by atoms with E-state index >= 15 is 0 Å². The molecule has 4 rings (SSSR count). The number of rotatable bonds is 9. The number of anilines is 1. The number of carbonyl (C=O) groups is 2. The number of aryl methyl sites for hydroxylation is 1. The van der Waals surface area contributed by atoms with E-state index in [1.54, 1.807) is 25.1 Å². The maximum Gasteiger partial charge on any atom is 0.280 e. The van der Waals surface area contributed by atoms with Gasteiger partial charge in [0.2, 0.25) is 5.75 Å². The van der Waals surface area contributed by atoms with Crippen LogP contribution in [0.4, 0.5) is 14.5 Å². The quantitative estimate of drug-likeness (QED) is 0.341. The number of nitrogens with two attached hydrogens (primary N) is 1. The molecule has 10 nitrogen and oxygen atoms in total. The van der Waals surface area contributed by atoms with Crippen LogP contribution in [0.15, 0.2) is 36.5 Å². The van der Waals surface area contributed by atoms with Crippen LogP contribution in [0.25, 0.3) is 10.2 Å². The van der Waals surface area contributed by atoms with Crippen LogP contribution in [0.3, 0.4) is 0 Å². The van der Waals surface area contributed by atoms with E-state index in [0.29, 0.717) is 28.2 Å². The van der Waals surface area contributed by atoms with Crippen molar-refractivity contribution in [2.75, 3.05) is 19.5 Å². The summed E-state index contributed by atoms with van der Waals surface area (Å²) >= 11 is 0.830. The molecule has 0 fully saturated rings. The molecule has 4 aromatic rings. The van der Waals surface area contributed by atoms with Gasteiger partial charge in [0.1, 0.15) is 15.4 Å². The molecule has 0 aliphatic heterocycles. The van der Waals surface area contributed by atoms with E-state index in [1.807, 2.05) is 0 Å². The average molecular weight is 518 g/mol. The van der Waals surface area contributed by atoms with Crippen molar-refractivity contribution in [2.24, 2.45) is 5.73 Å². The fourth-order valence-electron chi connectivity index (χ4n) is 3.53. The number of fused-ring (bicyclic) bond motifs is 1. The SMILES string of the molecule is COc1cccc(OC)c1OCn1ccc(C(=O)Nc2c(C(N)=O)sc3nc(C(F)F)cc(C)c23)n1. The van der Waals surface area contributed by atoms with Crippen LogP contribution >= 0.6 is 11.3 Å². The zero-order chi connectivity index (χ0) is 26.0. The number of hydrogen-bond donors (Lipinski definition) is 2. The monoisotopic (exact) mass is 517 g/mol. The number of pyridine rings is 1. The largest absolute Gasteiger partial charge is 0.493 e. The molecule has 0 bridgehead atoms. The number of thiophene rings is 1. The third-order valence-corrected chi connectivity index (χ3v) is 6.26. The molecule has 0 saturated heterocycles. The smallest absolute Gasteiger partial charge is 0.280 e. The summed E-state index contributed by atoms with van der Waals surface area (Å²) in [6.07, 6.45) is -1.26. The lowest BCUT2D eigenvalue weighted by Crippen LogP contribution is -2.18. The molecule has 3 N–H and O–H groups in total. The second-order valence-electron chi connectivity index (χ2n) is 7.47. The van der Waals surface area contributed by atoms with Crippen LogP contribution in [0.5, 0.6) is 17.2 Å². The number of halogens is 2. The molecule has 0 saturated carbocycles. The topological polar surface area (TPSA) is 131 Å². The number of hydrogen-bond acceptors (Lipinski definition) is 8. The highest BCUT2D eigenvalue weighted by molar-refractivity contribution is 7.21. The molecular weight excluding hydrogens is 496 g/mol. The van der Waals surface area contributed by atoms with Crippen LogP contribution in [-0.4, -0.2) is 40.8 Å². The molecule has 188 valence electrons. The van der Waals surface area contributed by atoms with E-state index in [0.717, 1.165) is 11.3 Å². The summed E-state index contributed by atoms with van der Waals surface area (Å²) in [5, 5.41) is 7.19. The van der Waals surface area contributed by atoms with Gasteiger partial charge in [-0.2, -0.15) is 5.10 Å². The Morgan fingerprint density at radius 1 is 1.19 bits per heavy atom. The number of benzene rings is 1. The van der Waals surface area contributed by atoms with Gasteiger partial charge in [0.05, 0.1) is 19.9 Å². The Labute approximate surface area is 207 Å². The van der Waals surface area contributed by atoms with Crippen molar-refractivity contribution in [3.05, 3.63) is 58.4 Å². The summed E-state index contributed by atoms with van der Waals surface area (Å²) in [6, 6.07) is 7.83. The van der Waals surface area contributed by atoms with Crippen LogP contribution in [0, 0.1) is 6.92 Å². The van der Waals surface area contributed by atoms with Crippen LogP contribution in [0.1, 0.15) is 37.8 Å². The molecule has 13 heteroatoms. The minimum atomic E-state index is -2.78. The molecular formula is C23H21F2N5O5S. The summed E-state index contributed by atoms with van der Waals surface area (Å²) < 4.78 is 44.1. The predicted molar refractivity (Wildman–Crippen MR) is 128 cm³/mol. The number of primary amides is 1. The van der Waals surface area contributed by atoms with Crippen molar-refractivity contribution < 1.29 is 32.6 Å². The third kappa shape index (κ3) is 4.77. The first-order valence-electron chi connectivity index (χ1n) is 10.4. The number of carbonyl (C=O) groups excluding carboxylic acids is 2. The van der Waals surface area contributed by atoms with Gasteiger partial charge < -0.3 is 25.3 Å². The molecule has 3 heterocycles. The van der Waals surface area contributed by atoms with E-state index in [4.69, 9.17) is 19.9 Å².